The summed E-state index contributed by atoms with van der Waals surface area (Å²) < 4.78 is 27.2. The molecule has 21 heavy (non-hydrogen) atoms. The van der Waals surface area contributed by atoms with E-state index in [2.05, 4.69) is 15.0 Å². The number of pyridine rings is 1. The van der Waals surface area contributed by atoms with Crippen molar-refractivity contribution < 1.29 is 8.42 Å². The van der Waals surface area contributed by atoms with Gasteiger partial charge in [-0.25, -0.2) is 13.4 Å². The molecule has 0 spiro atoms. The third-order valence-corrected chi connectivity index (χ3v) is 4.58. The number of rotatable bonds is 5. The zero-order valence-electron chi connectivity index (χ0n) is 11.1. The number of sulfonamides is 1. The first-order valence-corrected chi connectivity index (χ1v) is 8.34. The molecule has 8 heteroatoms. The molecule has 0 unspecified atom stereocenters. The summed E-state index contributed by atoms with van der Waals surface area (Å²) in [5.74, 6) is 0.477. The average Bonchev–Trinajstić information content (AvgIpc) is 2.44. The Labute approximate surface area is 133 Å². The number of benzene rings is 1. The topological polar surface area (TPSA) is 71.1 Å². The van der Waals surface area contributed by atoms with E-state index in [9.17, 15) is 8.42 Å². The van der Waals surface area contributed by atoms with Crippen LogP contribution in [0.15, 0.2) is 41.4 Å². The summed E-state index contributed by atoms with van der Waals surface area (Å²) in [6.45, 7) is 2.53. The molecule has 0 saturated carbocycles. The van der Waals surface area contributed by atoms with Crippen molar-refractivity contribution in [2.24, 2.45) is 0 Å². The Bertz CT molecular complexity index is 731. The van der Waals surface area contributed by atoms with E-state index in [1.165, 1.54) is 18.3 Å². The minimum absolute atomic E-state index is 0.0736. The fraction of sp³-hybridized carbons (Fsp3) is 0.154. The van der Waals surface area contributed by atoms with Crippen LogP contribution in [-0.4, -0.2) is 19.9 Å². The monoisotopic (exact) mass is 345 g/mol. The van der Waals surface area contributed by atoms with Crippen molar-refractivity contribution in [3.63, 3.8) is 0 Å². The smallest absolute Gasteiger partial charge is 0.262 e. The van der Waals surface area contributed by atoms with E-state index in [0.29, 0.717) is 12.4 Å². The minimum Gasteiger partial charge on any atom is -0.370 e. The van der Waals surface area contributed by atoms with Gasteiger partial charge in [0.25, 0.3) is 10.0 Å². The van der Waals surface area contributed by atoms with Crippen molar-refractivity contribution in [3.8, 4) is 0 Å². The number of halogens is 2. The molecule has 2 rings (SSSR count). The van der Waals surface area contributed by atoms with Gasteiger partial charge in [-0.2, -0.15) is 0 Å². The van der Waals surface area contributed by atoms with E-state index < -0.39 is 10.0 Å². The highest BCUT2D eigenvalue weighted by Gasteiger charge is 2.18. The van der Waals surface area contributed by atoms with Crippen molar-refractivity contribution in [1.82, 2.24) is 4.98 Å². The maximum Gasteiger partial charge on any atom is 0.262 e. The van der Waals surface area contributed by atoms with Gasteiger partial charge in [0.1, 0.15) is 5.82 Å². The van der Waals surface area contributed by atoms with Gasteiger partial charge in [-0.1, -0.05) is 29.3 Å². The molecule has 5 nitrogen and oxygen atoms in total. The van der Waals surface area contributed by atoms with Gasteiger partial charge in [0.15, 0.2) is 0 Å². The van der Waals surface area contributed by atoms with Crippen LogP contribution in [0.25, 0.3) is 0 Å². The van der Waals surface area contributed by atoms with E-state index in [-0.39, 0.29) is 20.6 Å². The van der Waals surface area contributed by atoms with Crippen LogP contribution in [0.3, 0.4) is 0 Å². The summed E-state index contributed by atoms with van der Waals surface area (Å²) in [5.41, 5.74) is 0.155. The lowest BCUT2D eigenvalue weighted by Gasteiger charge is -2.12. The van der Waals surface area contributed by atoms with E-state index in [1.54, 1.807) is 18.2 Å². The van der Waals surface area contributed by atoms with Crippen molar-refractivity contribution in [2.75, 3.05) is 16.6 Å². The molecule has 0 amide bonds. The highest BCUT2D eigenvalue weighted by atomic mass is 35.5. The largest absolute Gasteiger partial charge is 0.370 e. The second-order valence-corrected chi connectivity index (χ2v) is 6.61. The molecule has 0 fully saturated rings. The Morgan fingerprint density at radius 3 is 2.48 bits per heavy atom. The number of hydrogen-bond acceptors (Lipinski definition) is 4. The molecule has 2 N–H and O–H groups in total. The molecule has 0 bridgehead atoms. The van der Waals surface area contributed by atoms with Crippen LogP contribution < -0.4 is 10.0 Å². The van der Waals surface area contributed by atoms with Crippen LogP contribution in [0.5, 0.6) is 0 Å². The van der Waals surface area contributed by atoms with Crippen molar-refractivity contribution in [2.45, 2.75) is 11.8 Å². The molecular formula is C13H13Cl2N3O2S. The summed E-state index contributed by atoms with van der Waals surface area (Å²) in [6.07, 6.45) is 1.42. The lowest BCUT2D eigenvalue weighted by atomic mass is 10.3. The Hall–Kier alpha value is -1.50. The summed E-state index contributed by atoms with van der Waals surface area (Å²) in [7, 11) is -3.80. The van der Waals surface area contributed by atoms with E-state index in [1.807, 2.05) is 6.92 Å². The van der Waals surface area contributed by atoms with Crippen molar-refractivity contribution >= 4 is 44.7 Å². The predicted octanol–water partition coefficient (Wildman–Crippen LogP) is 3.62. The molecule has 0 atom stereocenters. The van der Waals surface area contributed by atoms with Gasteiger partial charge in [0.2, 0.25) is 0 Å². The van der Waals surface area contributed by atoms with Gasteiger partial charge in [-0.05, 0) is 25.1 Å². The number of aromatic nitrogens is 1. The highest BCUT2D eigenvalue weighted by molar-refractivity contribution is 7.92. The van der Waals surface area contributed by atoms with E-state index in [0.717, 1.165) is 0 Å². The zero-order valence-corrected chi connectivity index (χ0v) is 13.4. The van der Waals surface area contributed by atoms with Crippen LogP contribution >= 0.6 is 23.2 Å². The van der Waals surface area contributed by atoms with Gasteiger partial charge in [-0.15, -0.1) is 0 Å². The molecule has 0 radical (unpaired) electrons. The van der Waals surface area contributed by atoms with Gasteiger partial charge < -0.3 is 5.32 Å². The van der Waals surface area contributed by atoms with E-state index in [4.69, 9.17) is 23.2 Å². The number of nitrogens with one attached hydrogen (secondary N) is 2. The van der Waals surface area contributed by atoms with Crippen LogP contribution in [-0.2, 0) is 10.0 Å². The lowest BCUT2D eigenvalue weighted by Crippen LogP contribution is -2.14. The predicted molar refractivity (Wildman–Crippen MR) is 85.7 cm³/mol. The first kappa shape index (κ1) is 15.9. The number of anilines is 2. The van der Waals surface area contributed by atoms with Gasteiger partial charge in [0, 0.05) is 18.8 Å². The molecule has 0 saturated heterocycles. The van der Waals surface area contributed by atoms with Crippen LogP contribution in [0.2, 0.25) is 10.0 Å². The average molecular weight is 346 g/mol. The molecule has 0 aliphatic heterocycles. The summed E-state index contributed by atoms with van der Waals surface area (Å²) >= 11 is 11.9. The van der Waals surface area contributed by atoms with E-state index >= 15 is 0 Å². The van der Waals surface area contributed by atoms with Crippen molar-refractivity contribution in [3.05, 3.63) is 46.6 Å². The zero-order chi connectivity index (χ0) is 15.5. The van der Waals surface area contributed by atoms with Crippen LogP contribution in [0.4, 0.5) is 11.5 Å². The minimum atomic E-state index is -3.80. The fourth-order valence-electron chi connectivity index (χ4n) is 1.64. The quantitative estimate of drug-likeness (QED) is 0.867. The highest BCUT2D eigenvalue weighted by Crippen LogP contribution is 2.31. The molecule has 1 aromatic heterocycles. The third kappa shape index (κ3) is 3.78. The van der Waals surface area contributed by atoms with Gasteiger partial charge >= 0.3 is 0 Å². The van der Waals surface area contributed by atoms with Crippen molar-refractivity contribution in [1.29, 1.82) is 0 Å². The van der Waals surface area contributed by atoms with Gasteiger partial charge in [-0.3, -0.25) is 4.72 Å². The Morgan fingerprint density at radius 2 is 1.86 bits per heavy atom. The van der Waals surface area contributed by atoms with Crippen LogP contribution in [0.1, 0.15) is 6.92 Å². The lowest BCUT2D eigenvalue weighted by molar-refractivity contribution is 0.601. The Balaban J connectivity index is 2.36. The molecular weight excluding hydrogens is 333 g/mol. The maximum absolute atomic E-state index is 12.4. The number of para-hydroxylation sites is 1. The molecule has 0 aliphatic carbocycles. The maximum atomic E-state index is 12.4. The SMILES string of the molecule is CCNc1cc(S(=O)(=O)Nc2c(Cl)cccc2Cl)ccn1. The third-order valence-electron chi connectivity index (χ3n) is 2.60. The molecule has 0 aliphatic rings. The Kier molecular flexibility index (Phi) is 4.92. The first-order valence-electron chi connectivity index (χ1n) is 6.11. The standard InChI is InChI=1S/C13H13Cl2N3O2S/c1-2-16-12-8-9(6-7-17-12)21(19,20)18-13-10(14)4-3-5-11(13)15/h3-8,18H,2H2,1H3,(H,16,17). The first-order chi connectivity index (χ1) is 9.94. The molecule has 2 aromatic rings. The molecule has 1 heterocycles. The molecule has 1 aromatic carbocycles. The summed E-state index contributed by atoms with van der Waals surface area (Å²) in [6, 6.07) is 7.59. The number of hydrogen-bond donors (Lipinski definition) is 2. The second kappa shape index (κ2) is 6.51. The van der Waals surface area contributed by atoms with Crippen LogP contribution in [0, 0.1) is 0 Å². The second-order valence-electron chi connectivity index (χ2n) is 4.11. The molecule has 112 valence electrons. The number of nitrogens with zero attached hydrogens (tertiary/aromatic N) is 1. The van der Waals surface area contributed by atoms with Gasteiger partial charge in [0.05, 0.1) is 20.6 Å². The fourth-order valence-corrected chi connectivity index (χ4v) is 3.36. The summed E-state index contributed by atoms with van der Waals surface area (Å²) in [5, 5.41) is 3.41. The summed E-state index contributed by atoms with van der Waals surface area (Å²) in [4.78, 5) is 4.10. The normalized spacial score (nSPS) is 11.2. The Morgan fingerprint density at radius 1 is 1.19 bits per heavy atom.